The molecule has 0 aliphatic carbocycles. The quantitative estimate of drug-likeness (QED) is 0.792. The Kier molecular flexibility index (Phi) is 2.56. The highest BCUT2D eigenvalue weighted by molar-refractivity contribution is 5.72. The molecule has 0 saturated heterocycles. The van der Waals surface area contributed by atoms with E-state index in [1.807, 2.05) is 24.3 Å². The first-order chi connectivity index (χ1) is 8.78. The van der Waals surface area contributed by atoms with Crippen molar-refractivity contribution in [3.8, 4) is 22.6 Å². The van der Waals surface area contributed by atoms with Crippen LogP contribution in [-0.2, 0) is 6.42 Å². The molecular formula is C16H14O2. The second-order valence-corrected chi connectivity index (χ2v) is 4.34. The van der Waals surface area contributed by atoms with Crippen molar-refractivity contribution < 1.29 is 9.47 Å². The second-order valence-electron chi connectivity index (χ2n) is 4.34. The van der Waals surface area contributed by atoms with Gasteiger partial charge in [0.2, 0.25) is 0 Å². The van der Waals surface area contributed by atoms with Crippen LogP contribution in [0.5, 0.6) is 11.5 Å². The van der Waals surface area contributed by atoms with Crippen molar-refractivity contribution in [3.05, 3.63) is 60.4 Å². The van der Waals surface area contributed by atoms with Gasteiger partial charge in [0.25, 0.3) is 0 Å². The Labute approximate surface area is 106 Å². The molecule has 0 unspecified atom stereocenters. The van der Waals surface area contributed by atoms with Crippen molar-refractivity contribution in [3.63, 3.8) is 0 Å². The van der Waals surface area contributed by atoms with Crippen molar-refractivity contribution in [2.75, 3.05) is 7.11 Å². The van der Waals surface area contributed by atoms with E-state index < -0.39 is 0 Å². The molecule has 0 bridgehead atoms. The van der Waals surface area contributed by atoms with Crippen LogP contribution in [0.1, 0.15) is 5.56 Å². The molecule has 90 valence electrons. The zero-order chi connectivity index (χ0) is 12.5. The van der Waals surface area contributed by atoms with Gasteiger partial charge in [0, 0.05) is 17.5 Å². The minimum atomic E-state index is 0.790. The highest BCUT2D eigenvalue weighted by Gasteiger charge is 2.17. The summed E-state index contributed by atoms with van der Waals surface area (Å²) in [6.45, 7) is 3.86. The minimum absolute atomic E-state index is 0.790. The normalized spacial score (nSPS) is 13.1. The Morgan fingerprint density at radius 3 is 2.83 bits per heavy atom. The van der Waals surface area contributed by atoms with Gasteiger partial charge in [-0.25, -0.2) is 0 Å². The van der Waals surface area contributed by atoms with Gasteiger partial charge >= 0.3 is 0 Å². The standard InChI is InChI=1S/C16H14O2/c1-11-9-13-10-12(7-8-15(13)18-11)14-5-3-4-6-16(14)17-2/h3-8,10H,1,9H2,2H3. The fourth-order valence-corrected chi connectivity index (χ4v) is 2.27. The van der Waals surface area contributed by atoms with Crippen LogP contribution in [0, 0.1) is 0 Å². The Hall–Kier alpha value is -2.22. The molecule has 2 nitrogen and oxygen atoms in total. The van der Waals surface area contributed by atoms with E-state index in [4.69, 9.17) is 9.47 Å². The van der Waals surface area contributed by atoms with Crippen LogP contribution in [0.15, 0.2) is 54.8 Å². The summed E-state index contributed by atoms with van der Waals surface area (Å²) in [5, 5.41) is 0. The minimum Gasteiger partial charge on any atom is -0.496 e. The zero-order valence-electron chi connectivity index (χ0n) is 10.3. The number of rotatable bonds is 2. The molecular weight excluding hydrogens is 224 g/mol. The predicted octanol–water partition coefficient (Wildman–Crippen LogP) is 3.81. The Balaban J connectivity index is 2.08. The molecule has 1 aliphatic heterocycles. The van der Waals surface area contributed by atoms with E-state index in [-0.39, 0.29) is 0 Å². The van der Waals surface area contributed by atoms with Crippen LogP contribution < -0.4 is 9.47 Å². The molecule has 2 aromatic rings. The first-order valence-electron chi connectivity index (χ1n) is 5.90. The van der Waals surface area contributed by atoms with E-state index >= 15 is 0 Å². The molecule has 3 rings (SSSR count). The van der Waals surface area contributed by atoms with E-state index in [2.05, 4.69) is 24.8 Å². The summed E-state index contributed by atoms with van der Waals surface area (Å²) < 4.78 is 10.9. The second kappa shape index (κ2) is 4.22. The van der Waals surface area contributed by atoms with E-state index in [0.29, 0.717) is 0 Å². The smallest absolute Gasteiger partial charge is 0.130 e. The fourth-order valence-electron chi connectivity index (χ4n) is 2.27. The van der Waals surface area contributed by atoms with Crippen LogP contribution >= 0.6 is 0 Å². The zero-order valence-corrected chi connectivity index (χ0v) is 10.3. The number of methoxy groups -OCH3 is 1. The third-order valence-electron chi connectivity index (χ3n) is 3.12. The molecule has 0 aromatic heterocycles. The Morgan fingerprint density at radius 2 is 2.00 bits per heavy atom. The summed E-state index contributed by atoms with van der Waals surface area (Å²) in [4.78, 5) is 0. The van der Waals surface area contributed by atoms with Crippen LogP contribution in [0.3, 0.4) is 0 Å². The van der Waals surface area contributed by atoms with Gasteiger partial charge in [-0.1, -0.05) is 30.8 Å². The highest BCUT2D eigenvalue weighted by Crippen LogP contribution is 2.36. The van der Waals surface area contributed by atoms with Gasteiger partial charge < -0.3 is 9.47 Å². The van der Waals surface area contributed by atoms with Gasteiger partial charge in [0.15, 0.2) is 0 Å². The van der Waals surface area contributed by atoms with Crippen molar-refractivity contribution in [1.82, 2.24) is 0 Å². The summed E-state index contributed by atoms with van der Waals surface area (Å²) in [5.41, 5.74) is 3.42. The molecule has 0 radical (unpaired) electrons. The first-order valence-corrected chi connectivity index (χ1v) is 5.90. The van der Waals surface area contributed by atoms with Crippen LogP contribution in [0.25, 0.3) is 11.1 Å². The lowest BCUT2D eigenvalue weighted by Crippen LogP contribution is -1.88. The molecule has 2 heteroatoms. The lowest BCUT2D eigenvalue weighted by atomic mass is 10.0. The van der Waals surface area contributed by atoms with E-state index in [0.717, 1.165) is 34.8 Å². The topological polar surface area (TPSA) is 18.5 Å². The van der Waals surface area contributed by atoms with Gasteiger partial charge in [-0.15, -0.1) is 0 Å². The van der Waals surface area contributed by atoms with Crippen LogP contribution in [-0.4, -0.2) is 7.11 Å². The maximum Gasteiger partial charge on any atom is 0.130 e. The van der Waals surface area contributed by atoms with Crippen molar-refractivity contribution in [2.45, 2.75) is 6.42 Å². The molecule has 0 saturated carbocycles. The van der Waals surface area contributed by atoms with Gasteiger partial charge in [-0.2, -0.15) is 0 Å². The average Bonchev–Trinajstić information content (AvgIpc) is 2.77. The van der Waals surface area contributed by atoms with E-state index in [1.54, 1.807) is 7.11 Å². The van der Waals surface area contributed by atoms with E-state index in [1.165, 1.54) is 5.56 Å². The predicted molar refractivity (Wildman–Crippen MR) is 71.9 cm³/mol. The molecule has 18 heavy (non-hydrogen) atoms. The molecule has 2 aromatic carbocycles. The first kappa shape index (κ1) is 10.9. The van der Waals surface area contributed by atoms with Crippen molar-refractivity contribution in [1.29, 1.82) is 0 Å². The molecule has 0 fully saturated rings. The van der Waals surface area contributed by atoms with Gasteiger partial charge in [-0.05, 0) is 23.8 Å². The maximum atomic E-state index is 5.53. The monoisotopic (exact) mass is 238 g/mol. The number of benzene rings is 2. The maximum absolute atomic E-state index is 5.53. The summed E-state index contributed by atoms with van der Waals surface area (Å²) in [6, 6.07) is 14.2. The van der Waals surface area contributed by atoms with Crippen LogP contribution in [0.2, 0.25) is 0 Å². The largest absolute Gasteiger partial charge is 0.496 e. The number of hydrogen-bond acceptors (Lipinski definition) is 2. The van der Waals surface area contributed by atoms with Crippen molar-refractivity contribution >= 4 is 0 Å². The Bertz CT molecular complexity index is 614. The van der Waals surface area contributed by atoms with Gasteiger partial charge in [0.05, 0.1) is 7.11 Å². The lowest BCUT2D eigenvalue weighted by Gasteiger charge is -2.09. The molecule has 0 amide bonds. The fraction of sp³-hybridized carbons (Fsp3) is 0.125. The number of para-hydroxylation sites is 1. The van der Waals surface area contributed by atoms with Crippen molar-refractivity contribution in [2.24, 2.45) is 0 Å². The summed E-state index contributed by atoms with van der Waals surface area (Å²) in [7, 11) is 1.69. The average molecular weight is 238 g/mol. The summed E-state index contributed by atoms with van der Waals surface area (Å²) >= 11 is 0. The molecule has 0 atom stereocenters. The molecule has 1 aliphatic rings. The lowest BCUT2D eigenvalue weighted by molar-refractivity contribution is 0.416. The number of ether oxygens (including phenoxy) is 2. The Morgan fingerprint density at radius 1 is 1.17 bits per heavy atom. The third kappa shape index (κ3) is 1.76. The summed E-state index contributed by atoms with van der Waals surface area (Å²) in [5.74, 6) is 2.61. The molecule has 1 heterocycles. The highest BCUT2D eigenvalue weighted by atomic mass is 16.5. The van der Waals surface area contributed by atoms with Crippen LogP contribution in [0.4, 0.5) is 0 Å². The SMILES string of the molecule is C=C1Cc2cc(-c3ccccc3OC)ccc2O1. The number of allylic oxidation sites excluding steroid dienone is 1. The molecule has 0 N–H and O–H groups in total. The summed E-state index contributed by atoms with van der Waals surface area (Å²) in [6.07, 6.45) is 0.790. The van der Waals surface area contributed by atoms with E-state index in [9.17, 15) is 0 Å². The number of hydrogen-bond donors (Lipinski definition) is 0. The van der Waals surface area contributed by atoms with Gasteiger partial charge in [0.1, 0.15) is 17.3 Å². The number of fused-ring (bicyclic) bond motifs is 1. The third-order valence-corrected chi connectivity index (χ3v) is 3.12. The van der Waals surface area contributed by atoms with Gasteiger partial charge in [-0.3, -0.25) is 0 Å². The molecule has 0 spiro atoms.